The second kappa shape index (κ2) is 6.04. The fourth-order valence-electron chi connectivity index (χ4n) is 2.88. The van der Waals surface area contributed by atoms with E-state index in [4.69, 9.17) is 4.74 Å². The first-order valence-electron chi connectivity index (χ1n) is 7.42. The van der Waals surface area contributed by atoms with Crippen molar-refractivity contribution in [2.45, 2.75) is 38.2 Å². The number of hydrogen-bond acceptors (Lipinski definition) is 3. The molecule has 0 bridgehead atoms. The van der Waals surface area contributed by atoms with Crippen LogP contribution in [0.1, 0.15) is 32.1 Å². The summed E-state index contributed by atoms with van der Waals surface area (Å²) in [6.45, 7) is 0. The van der Waals surface area contributed by atoms with Gasteiger partial charge in [-0.05, 0) is 37.8 Å². The van der Waals surface area contributed by atoms with Crippen molar-refractivity contribution in [2.24, 2.45) is 0 Å². The van der Waals surface area contributed by atoms with E-state index in [1.165, 1.54) is 6.42 Å². The predicted molar refractivity (Wildman–Crippen MR) is 82.6 cm³/mol. The molecule has 0 heterocycles. The lowest BCUT2D eigenvalue weighted by Gasteiger charge is -2.22. The molecule has 110 valence electrons. The molecule has 0 unspecified atom stereocenters. The Bertz CT molecular complexity index is 648. The first-order valence-corrected chi connectivity index (χ1v) is 7.42. The van der Waals surface area contributed by atoms with Crippen LogP contribution >= 0.6 is 0 Å². The van der Waals surface area contributed by atoms with Crippen molar-refractivity contribution in [2.75, 3.05) is 5.32 Å². The van der Waals surface area contributed by atoms with Crippen LogP contribution in [0.25, 0.3) is 10.8 Å². The number of fused-ring (bicyclic) bond motifs is 1. The summed E-state index contributed by atoms with van der Waals surface area (Å²) in [5.74, 6) is 0.205. The molecular weight excluding hydrogens is 266 g/mol. The van der Waals surface area contributed by atoms with Gasteiger partial charge in [0.25, 0.3) is 0 Å². The van der Waals surface area contributed by atoms with Gasteiger partial charge >= 0.3 is 6.09 Å². The zero-order chi connectivity index (χ0) is 14.7. The smallest absolute Gasteiger partial charge is 0.411 e. The quantitative estimate of drug-likeness (QED) is 0.858. The number of benzene rings is 2. The lowest BCUT2D eigenvalue weighted by atomic mass is 9.98. The Morgan fingerprint density at radius 1 is 1.05 bits per heavy atom. The Hall–Kier alpha value is -2.23. The Morgan fingerprint density at radius 2 is 1.76 bits per heavy atom. The number of carbonyl (C=O) groups excluding carboxylic acids is 1. The van der Waals surface area contributed by atoms with E-state index in [9.17, 15) is 9.90 Å². The molecule has 2 aromatic rings. The minimum absolute atomic E-state index is 0.0297. The van der Waals surface area contributed by atoms with E-state index in [2.05, 4.69) is 5.32 Å². The Labute approximate surface area is 123 Å². The van der Waals surface area contributed by atoms with Gasteiger partial charge < -0.3 is 9.84 Å². The number of anilines is 1. The summed E-state index contributed by atoms with van der Waals surface area (Å²) in [6, 6.07) is 10.7. The molecule has 0 radical (unpaired) electrons. The molecule has 1 aliphatic rings. The predicted octanol–water partition coefficient (Wildman–Crippen LogP) is 4.43. The van der Waals surface area contributed by atoms with Crippen LogP contribution < -0.4 is 5.32 Å². The largest absolute Gasteiger partial charge is 0.507 e. The van der Waals surface area contributed by atoms with Crippen LogP contribution in [0.4, 0.5) is 10.5 Å². The minimum atomic E-state index is -0.419. The third-order valence-electron chi connectivity index (χ3n) is 3.96. The van der Waals surface area contributed by atoms with Crippen LogP contribution in [0.3, 0.4) is 0 Å². The zero-order valence-electron chi connectivity index (χ0n) is 11.8. The molecule has 4 nitrogen and oxygen atoms in total. The minimum Gasteiger partial charge on any atom is -0.507 e. The molecule has 2 N–H and O–H groups in total. The van der Waals surface area contributed by atoms with E-state index in [1.807, 2.05) is 18.2 Å². The van der Waals surface area contributed by atoms with Gasteiger partial charge in [-0.15, -0.1) is 0 Å². The molecule has 3 rings (SSSR count). The molecule has 1 amide bonds. The maximum Gasteiger partial charge on any atom is 0.411 e. The highest BCUT2D eigenvalue weighted by atomic mass is 16.6. The van der Waals surface area contributed by atoms with Gasteiger partial charge in [0.15, 0.2) is 0 Å². The van der Waals surface area contributed by atoms with Crippen molar-refractivity contribution in [1.29, 1.82) is 0 Å². The second-order valence-corrected chi connectivity index (χ2v) is 5.47. The number of rotatable bonds is 2. The molecule has 0 aliphatic heterocycles. The summed E-state index contributed by atoms with van der Waals surface area (Å²) in [5, 5.41) is 14.2. The van der Waals surface area contributed by atoms with Crippen LogP contribution in [-0.2, 0) is 4.74 Å². The van der Waals surface area contributed by atoms with Gasteiger partial charge in [-0.3, -0.25) is 5.32 Å². The molecule has 0 spiro atoms. The first-order chi connectivity index (χ1) is 10.2. The van der Waals surface area contributed by atoms with Gasteiger partial charge in [0.2, 0.25) is 0 Å². The first kappa shape index (κ1) is 13.7. The molecule has 1 saturated carbocycles. The molecule has 0 atom stereocenters. The van der Waals surface area contributed by atoms with Crippen molar-refractivity contribution in [3.63, 3.8) is 0 Å². The molecule has 2 aromatic carbocycles. The Kier molecular flexibility index (Phi) is 3.95. The van der Waals surface area contributed by atoms with Gasteiger partial charge in [0.05, 0.1) is 5.69 Å². The maximum atomic E-state index is 12.0. The number of ether oxygens (including phenoxy) is 1. The number of hydrogen-bond donors (Lipinski definition) is 2. The van der Waals surface area contributed by atoms with Crippen LogP contribution in [0.5, 0.6) is 5.75 Å². The number of phenolic OH excluding ortho intramolecular Hbond substituents is 1. The van der Waals surface area contributed by atoms with E-state index in [-0.39, 0.29) is 11.9 Å². The second-order valence-electron chi connectivity index (χ2n) is 5.47. The topological polar surface area (TPSA) is 58.6 Å². The van der Waals surface area contributed by atoms with E-state index in [1.54, 1.807) is 18.2 Å². The number of amides is 1. The number of aromatic hydroxyl groups is 1. The lowest BCUT2D eigenvalue weighted by Crippen LogP contribution is -2.24. The third kappa shape index (κ3) is 3.10. The van der Waals surface area contributed by atoms with Crippen molar-refractivity contribution in [1.82, 2.24) is 0 Å². The van der Waals surface area contributed by atoms with Crippen LogP contribution in [0.2, 0.25) is 0 Å². The van der Waals surface area contributed by atoms with Crippen LogP contribution in [-0.4, -0.2) is 17.3 Å². The average molecular weight is 285 g/mol. The van der Waals surface area contributed by atoms with Crippen LogP contribution in [0, 0.1) is 0 Å². The summed E-state index contributed by atoms with van der Waals surface area (Å²) in [5.41, 5.74) is 0.657. The summed E-state index contributed by atoms with van der Waals surface area (Å²) in [7, 11) is 0. The van der Waals surface area contributed by atoms with Crippen molar-refractivity contribution in [3.8, 4) is 5.75 Å². The highest BCUT2D eigenvalue weighted by Crippen LogP contribution is 2.30. The normalized spacial score (nSPS) is 15.8. The van der Waals surface area contributed by atoms with Crippen LogP contribution in [0.15, 0.2) is 36.4 Å². The van der Waals surface area contributed by atoms with Gasteiger partial charge in [-0.1, -0.05) is 30.7 Å². The highest BCUT2D eigenvalue weighted by Gasteiger charge is 2.18. The average Bonchev–Trinajstić information content (AvgIpc) is 2.49. The van der Waals surface area contributed by atoms with Crippen molar-refractivity contribution in [3.05, 3.63) is 36.4 Å². The number of nitrogens with one attached hydrogen (secondary N) is 1. The molecule has 1 fully saturated rings. The van der Waals surface area contributed by atoms with Gasteiger partial charge in [-0.25, -0.2) is 4.79 Å². The highest BCUT2D eigenvalue weighted by molar-refractivity contribution is 6.02. The van der Waals surface area contributed by atoms with Crippen molar-refractivity contribution >= 4 is 22.6 Å². The lowest BCUT2D eigenvalue weighted by molar-refractivity contribution is 0.0865. The molecule has 21 heavy (non-hydrogen) atoms. The molecule has 0 aromatic heterocycles. The monoisotopic (exact) mass is 285 g/mol. The van der Waals surface area contributed by atoms with E-state index >= 15 is 0 Å². The molecular formula is C17H19NO3. The molecule has 1 aliphatic carbocycles. The van der Waals surface area contributed by atoms with Gasteiger partial charge in [0.1, 0.15) is 11.9 Å². The summed E-state index contributed by atoms with van der Waals surface area (Å²) < 4.78 is 5.46. The van der Waals surface area contributed by atoms with E-state index in [0.717, 1.165) is 31.1 Å². The molecule has 4 heteroatoms. The van der Waals surface area contributed by atoms with Gasteiger partial charge in [-0.2, -0.15) is 0 Å². The number of phenols is 1. The maximum absolute atomic E-state index is 12.0. The Balaban J connectivity index is 1.75. The fraction of sp³-hybridized carbons (Fsp3) is 0.353. The molecule has 0 saturated heterocycles. The van der Waals surface area contributed by atoms with Gasteiger partial charge in [0, 0.05) is 10.8 Å². The summed E-state index contributed by atoms with van der Waals surface area (Å²) >= 11 is 0. The van der Waals surface area contributed by atoms with E-state index in [0.29, 0.717) is 11.1 Å². The van der Waals surface area contributed by atoms with E-state index < -0.39 is 6.09 Å². The SMILES string of the molecule is O=C(Nc1cccc2c(O)cccc12)OC1CCCCC1. The zero-order valence-corrected chi connectivity index (χ0v) is 11.8. The summed E-state index contributed by atoms with van der Waals surface area (Å²) in [4.78, 5) is 12.0. The number of carbonyl (C=O) groups is 1. The fourth-order valence-corrected chi connectivity index (χ4v) is 2.88. The van der Waals surface area contributed by atoms with Crippen molar-refractivity contribution < 1.29 is 14.6 Å². The summed E-state index contributed by atoms with van der Waals surface area (Å²) in [6.07, 6.45) is 4.98. The standard InChI is InChI=1S/C17H19NO3/c19-16-11-5-8-13-14(16)9-4-10-15(13)18-17(20)21-12-6-2-1-3-7-12/h4-5,8-12,19H,1-3,6-7H2,(H,18,20). The Morgan fingerprint density at radius 3 is 2.57 bits per heavy atom. The third-order valence-corrected chi connectivity index (χ3v) is 3.96.